The highest BCUT2D eigenvalue weighted by molar-refractivity contribution is 5.81. The Kier molecular flexibility index (Phi) is 5.13. The van der Waals surface area contributed by atoms with Crippen LogP contribution in [0.3, 0.4) is 0 Å². The van der Waals surface area contributed by atoms with Crippen molar-refractivity contribution in [1.82, 2.24) is 0 Å². The van der Waals surface area contributed by atoms with Crippen LogP contribution in [0.15, 0.2) is 60.3 Å². The monoisotopic (exact) mass is 265 g/mol. The highest BCUT2D eigenvalue weighted by Gasteiger charge is 1.96. The van der Waals surface area contributed by atoms with E-state index in [1.807, 2.05) is 48.5 Å². The first-order valence-corrected chi connectivity index (χ1v) is 6.78. The van der Waals surface area contributed by atoms with Crippen LogP contribution in [0, 0.1) is 0 Å². The lowest BCUT2D eigenvalue weighted by Gasteiger charge is -2.03. The van der Waals surface area contributed by atoms with Gasteiger partial charge in [0, 0.05) is 0 Å². The van der Waals surface area contributed by atoms with Crippen LogP contribution in [0.1, 0.15) is 29.2 Å². The Labute approximate surface area is 120 Å². The molecule has 2 heteroatoms. The predicted molar refractivity (Wildman–Crippen MR) is 84.7 cm³/mol. The van der Waals surface area contributed by atoms with Gasteiger partial charge in [0.1, 0.15) is 6.61 Å². The highest BCUT2D eigenvalue weighted by atomic mass is 16.6. The van der Waals surface area contributed by atoms with Crippen molar-refractivity contribution in [3.8, 4) is 0 Å². The number of nitrogens with zero attached hydrogens (tertiary/aromatic N) is 1. The molecular formula is C18H19NO. The lowest BCUT2D eigenvalue weighted by molar-refractivity contribution is 0.132. The summed E-state index contributed by atoms with van der Waals surface area (Å²) in [5.74, 6) is 0. The molecule has 0 aliphatic carbocycles. The zero-order valence-corrected chi connectivity index (χ0v) is 11.8. The third-order valence-electron chi connectivity index (χ3n) is 3.12. The Bertz CT molecular complexity index is 602. The van der Waals surface area contributed by atoms with Gasteiger partial charge < -0.3 is 4.84 Å². The summed E-state index contributed by atoms with van der Waals surface area (Å²) >= 11 is 0. The lowest BCUT2D eigenvalue weighted by atomic mass is 10.1. The number of hydrogen-bond acceptors (Lipinski definition) is 2. The fourth-order valence-electron chi connectivity index (χ4n) is 2.00. The van der Waals surface area contributed by atoms with Crippen molar-refractivity contribution < 1.29 is 4.84 Å². The van der Waals surface area contributed by atoms with Crippen LogP contribution in [0.25, 0.3) is 6.08 Å². The molecule has 0 amide bonds. The summed E-state index contributed by atoms with van der Waals surface area (Å²) in [6.45, 7) is 6.35. The van der Waals surface area contributed by atoms with E-state index in [2.05, 4.69) is 24.7 Å². The third kappa shape index (κ3) is 3.82. The normalized spacial score (nSPS) is 10.7. The Morgan fingerprint density at radius 2 is 2.00 bits per heavy atom. The van der Waals surface area contributed by atoms with Crippen LogP contribution in [-0.2, 0) is 17.9 Å². The molecule has 20 heavy (non-hydrogen) atoms. The molecule has 102 valence electrons. The second kappa shape index (κ2) is 7.29. The van der Waals surface area contributed by atoms with Crippen molar-refractivity contribution in [2.24, 2.45) is 5.16 Å². The van der Waals surface area contributed by atoms with Gasteiger partial charge in [-0.15, -0.1) is 0 Å². The summed E-state index contributed by atoms with van der Waals surface area (Å²) in [4.78, 5) is 5.36. The van der Waals surface area contributed by atoms with Crippen LogP contribution in [-0.4, -0.2) is 6.21 Å². The van der Waals surface area contributed by atoms with Crippen LogP contribution in [0.2, 0.25) is 0 Å². The van der Waals surface area contributed by atoms with Gasteiger partial charge in [-0.1, -0.05) is 67.2 Å². The first-order valence-electron chi connectivity index (χ1n) is 6.78. The molecule has 0 fully saturated rings. The van der Waals surface area contributed by atoms with Gasteiger partial charge in [-0.25, -0.2) is 0 Å². The van der Waals surface area contributed by atoms with Gasteiger partial charge in [0.2, 0.25) is 0 Å². The fraction of sp³-hybridized carbons (Fsp3) is 0.167. The van der Waals surface area contributed by atoms with E-state index in [-0.39, 0.29) is 0 Å². The Balaban J connectivity index is 1.95. The Morgan fingerprint density at radius 1 is 1.15 bits per heavy atom. The van der Waals surface area contributed by atoms with Crippen molar-refractivity contribution in [1.29, 1.82) is 0 Å². The molecule has 2 aromatic rings. The number of rotatable bonds is 6. The predicted octanol–water partition coefficient (Wildman–Crippen LogP) is 4.44. The molecule has 0 saturated heterocycles. The third-order valence-corrected chi connectivity index (χ3v) is 3.12. The summed E-state index contributed by atoms with van der Waals surface area (Å²) in [7, 11) is 0. The van der Waals surface area contributed by atoms with E-state index in [9.17, 15) is 0 Å². The molecule has 2 rings (SSSR count). The van der Waals surface area contributed by atoms with Crippen molar-refractivity contribution in [3.63, 3.8) is 0 Å². The summed E-state index contributed by atoms with van der Waals surface area (Å²) in [5, 5.41) is 4.05. The highest BCUT2D eigenvalue weighted by Crippen LogP contribution is 2.09. The van der Waals surface area contributed by atoms with Gasteiger partial charge >= 0.3 is 0 Å². The fourth-order valence-corrected chi connectivity index (χ4v) is 2.00. The zero-order chi connectivity index (χ0) is 14.2. The van der Waals surface area contributed by atoms with Crippen molar-refractivity contribution in [2.45, 2.75) is 20.0 Å². The number of aryl methyl sites for hydroxylation is 1. The SMILES string of the molecule is C=Cc1cccc(CON=Cc2ccccc2CC)c1. The van der Waals surface area contributed by atoms with E-state index < -0.39 is 0 Å². The van der Waals surface area contributed by atoms with Gasteiger partial charge in [0.15, 0.2) is 0 Å². The van der Waals surface area contributed by atoms with Crippen molar-refractivity contribution >= 4 is 12.3 Å². The molecule has 2 nitrogen and oxygen atoms in total. The Hall–Kier alpha value is -2.35. The minimum atomic E-state index is 0.465. The van der Waals surface area contributed by atoms with Crippen LogP contribution >= 0.6 is 0 Å². The lowest BCUT2D eigenvalue weighted by Crippen LogP contribution is -1.92. The standard InChI is InChI=1S/C18H19NO/c1-3-15-8-7-9-16(12-15)14-20-19-13-18-11-6-5-10-17(18)4-2/h3,5-13H,1,4,14H2,2H3. The maximum absolute atomic E-state index is 5.36. The van der Waals surface area contributed by atoms with E-state index >= 15 is 0 Å². The van der Waals surface area contributed by atoms with Crippen molar-refractivity contribution in [2.75, 3.05) is 0 Å². The van der Waals surface area contributed by atoms with Crippen LogP contribution in [0.5, 0.6) is 0 Å². The molecule has 0 N–H and O–H groups in total. The molecule has 0 bridgehead atoms. The molecule has 2 aromatic carbocycles. The maximum Gasteiger partial charge on any atom is 0.142 e. The minimum absolute atomic E-state index is 0.465. The topological polar surface area (TPSA) is 21.6 Å². The van der Waals surface area contributed by atoms with Crippen LogP contribution < -0.4 is 0 Å². The number of oxime groups is 1. The number of benzene rings is 2. The van der Waals surface area contributed by atoms with Gasteiger partial charge in [-0.2, -0.15) is 0 Å². The molecule has 0 heterocycles. The minimum Gasteiger partial charge on any atom is -0.391 e. The molecule has 0 aliphatic rings. The van der Waals surface area contributed by atoms with E-state index in [0.717, 1.165) is 23.1 Å². The Morgan fingerprint density at radius 3 is 2.80 bits per heavy atom. The van der Waals surface area contributed by atoms with Gasteiger partial charge in [0.05, 0.1) is 6.21 Å². The van der Waals surface area contributed by atoms with Gasteiger partial charge in [-0.3, -0.25) is 0 Å². The van der Waals surface area contributed by atoms with E-state index in [4.69, 9.17) is 4.84 Å². The van der Waals surface area contributed by atoms with Gasteiger partial charge in [-0.05, 0) is 34.7 Å². The molecule has 0 atom stereocenters. The van der Waals surface area contributed by atoms with Crippen LogP contribution in [0.4, 0.5) is 0 Å². The smallest absolute Gasteiger partial charge is 0.142 e. The van der Waals surface area contributed by atoms with E-state index in [0.29, 0.717) is 6.61 Å². The van der Waals surface area contributed by atoms with E-state index in [1.165, 1.54) is 5.56 Å². The van der Waals surface area contributed by atoms with Crippen molar-refractivity contribution in [3.05, 3.63) is 77.4 Å². The molecular weight excluding hydrogens is 246 g/mol. The summed E-state index contributed by atoms with van der Waals surface area (Å²) < 4.78 is 0. The van der Waals surface area contributed by atoms with Gasteiger partial charge in [0.25, 0.3) is 0 Å². The summed E-state index contributed by atoms with van der Waals surface area (Å²) in [6, 6.07) is 16.3. The first kappa shape index (κ1) is 14.1. The first-order chi connectivity index (χ1) is 9.83. The number of hydrogen-bond donors (Lipinski definition) is 0. The molecule has 0 radical (unpaired) electrons. The molecule has 0 aromatic heterocycles. The quantitative estimate of drug-likeness (QED) is 0.559. The summed E-state index contributed by atoms with van der Waals surface area (Å²) in [6.07, 6.45) is 4.59. The molecule has 0 aliphatic heterocycles. The molecule has 0 unspecified atom stereocenters. The largest absolute Gasteiger partial charge is 0.391 e. The second-order valence-electron chi connectivity index (χ2n) is 4.51. The maximum atomic E-state index is 5.36. The summed E-state index contributed by atoms with van der Waals surface area (Å²) in [5.41, 5.74) is 4.55. The molecule has 0 saturated carbocycles. The molecule has 0 spiro atoms. The zero-order valence-electron chi connectivity index (χ0n) is 11.8. The second-order valence-corrected chi connectivity index (χ2v) is 4.51. The average Bonchev–Trinajstić information content (AvgIpc) is 2.52. The average molecular weight is 265 g/mol. The van der Waals surface area contributed by atoms with E-state index in [1.54, 1.807) is 6.21 Å².